The standard InChI is InChI=1S/C11H26N2O/c1-3-5-6-7-8-11(13-12)10-14-9-4-2/h11,13H,3-10,12H2,1-2H3. The van der Waals surface area contributed by atoms with Crippen molar-refractivity contribution in [3.8, 4) is 0 Å². The summed E-state index contributed by atoms with van der Waals surface area (Å²) in [5.74, 6) is 5.44. The Bertz CT molecular complexity index is 109. The summed E-state index contributed by atoms with van der Waals surface area (Å²) in [6, 6.07) is 0.332. The monoisotopic (exact) mass is 202 g/mol. The normalized spacial score (nSPS) is 13.1. The first-order valence-electron chi connectivity index (χ1n) is 5.89. The molecular formula is C11H26N2O. The lowest BCUT2D eigenvalue weighted by atomic mass is 10.1. The molecule has 1 unspecified atom stereocenters. The minimum atomic E-state index is 0.332. The summed E-state index contributed by atoms with van der Waals surface area (Å²) in [5.41, 5.74) is 2.81. The van der Waals surface area contributed by atoms with Gasteiger partial charge in [0, 0.05) is 12.6 Å². The number of hydrazine groups is 1. The van der Waals surface area contributed by atoms with E-state index in [-0.39, 0.29) is 0 Å². The molecule has 0 aliphatic carbocycles. The van der Waals surface area contributed by atoms with Crippen molar-refractivity contribution in [1.82, 2.24) is 5.43 Å². The Balaban J connectivity index is 3.28. The molecule has 14 heavy (non-hydrogen) atoms. The molecule has 86 valence electrons. The highest BCUT2D eigenvalue weighted by Gasteiger charge is 2.05. The van der Waals surface area contributed by atoms with Crippen LogP contribution >= 0.6 is 0 Å². The molecule has 0 aromatic carbocycles. The quantitative estimate of drug-likeness (QED) is 0.324. The summed E-state index contributed by atoms with van der Waals surface area (Å²) >= 11 is 0. The summed E-state index contributed by atoms with van der Waals surface area (Å²) in [6.45, 7) is 5.93. The van der Waals surface area contributed by atoms with Crippen molar-refractivity contribution < 1.29 is 4.74 Å². The van der Waals surface area contributed by atoms with E-state index in [2.05, 4.69) is 19.3 Å². The van der Waals surface area contributed by atoms with Crippen LogP contribution in [-0.4, -0.2) is 19.3 Å². The van der Waals surface area contributed by atoms with Gasteiger partial charge in [0.15, 0.2) is 0 Å². The first kappa shape index (κ1) is 13.9. The SMILES string of the molecule is CCCCCCC(COCCC)NN. The predicted molar refractivity (Wildman–Crippen MR) is 61.0 cm³/mol. The Morgan fingerprint density at radius 1 is 1.14 bits per heavy atom. The van der Waals surface area contributed by atoms with Crippen LogP contribution in [0.15, 0.2) is 0 Å². The minimum Gasteiger partial charge on any atom is -0.380 e. The molecule has 3 heteroatoms. The zero-order valence-electron chi connectivity index (χ0n) is 9.72. The highest BCUT2D eigenvalue weighted by molar-refractivity contribution is 4.62. The number of unbranched alkanes of at least 4 members (excludes halogenated alkanes) is 3. The van der Waals surface area contributed by atoms with E-state index in [1.807, 2.05) is 0 Å². The average Bonchev–Trinajstić information content (AvgIpc) is 2.22. The van der Waals surface area contributed by atoms with Crippen LogP contribution < -0.4 is 11.3 Å². The van der Waals surface area contributed by atoms with Crippen molar-refractivity contribution in [1.29, 1.82) is 0 Å². The van der Waals surface area contributed by atoms with Crippen LogP contribution in [0.2, 0.25) is 0 Å². The second-order valence-corrected chi connectivity index (χ2v) is 3.79. The fourth-order valence-electron chi connectivity index (χ4n) is 1.40. The molecule has 1 atom stereocenters. The van der Waals surface area contributed by atoms with E-state index in [0.717, 1.165) is 26.1 Å². The molecule has 0 aliphatic rings. The van der Waals surface area contributed by atoms with Gasteiger partial charge in [-0.1, -0.05) is 39.5 Å². The van der Waals surface area contributed by atoms with E-state index in [1.54, 1.807) is 0 Å². The Hall–Kier alpha value is -0.120. The molecule has 0 radical (unpaired) electrons. The van der Waals surface area contributed by atoms with Crippen molar-refractivity contribution in [2.75, 3.05) is 13.2 Å². The van der Waals surface area contributed by atoms with Crippen LogP contribution in [0.1, 0.15) is 52.4 Å². The van der Waals surface area contributed by atoms with Crippen LogP contribution in [0, 0.1) is 0 Å². The van der Waals surface area contributed by atoms with Gasteiger partial charge in [0.1, 0.15) is 0 Å². The summed E-state index contributed by atoms with van der Waals surface area (Å²) in [4.78, 5) is 0. The highest BCUT2D eigenvalue weighted by Crippen LogP contribution is 2.05. The van der Waals surface area contributed by atoms with Gasteiger partial charge in [-0.3, -0.25) is 11.3 Å². The van der Waals surface area contributed by atoms with Crippen LogP contribution in [0.5, 0.6) is 0 Å². The van der Waals surface area contributed by atoms with Gasteiger partial charge in [-0.05, 0) is 12.8 Å². The van der Waals surface area contributed by atoms with E-state index < -0.39 is 0 Å². The number of ether oxygens (including phenoxy) is 1. The van der Waals surface area contributed by atoms with Gasteiger partial charge in [-0.25, -0.2) is 0 Å². The van der Waals surface area contributed by atoms with Crippen LogP contribution in [0.25, 0.3) is 0 Å². The predicted octanol–water partition coefficient (Wildman–Crippen LogP) is 2.22. The maximum atomic E-state index is 5.45. The minimum absolute atomic E-state index is 0.332. The van der Waals surface area contributed by atoms with Crippen LogP contribution in [-0.2, 0) is 4.74 Å². The van der Waals surface area contributed by atoms with Crippen LogP contribution in [0.4, 0.5) is 0 Å². The Morgan fingerprint density at radius 3 is 2.50 bits per heavy atom. The van der Waals surface area contributed by atoms with E-state index in [9.17, 15) is 0 Å². The van der Waals surface area contributed by atoms with E-state index in [4.69, 9.17) is 10.6 Å². The summed E-state index contributed by atoms with van der Waals surface area (Å²) in [7, 11) is 0. The van der Waals surface area contributed by atoms with E-state index in [1.165, 1.54) is 25.7 Å². The fraction of sp³-hybridized carbons (Fsp3) is 1.00. The molecule has 0 fully saturated rings. The topological polar surface area (TPSA) is 47.3 Å². The maximum absolute atomic E-state index is 5.45. The second kappa shape index (κ2) is 11.0. The number of hydrogen-bond donors (Lipinski definition) is 2. The van der Waals surface area contributed by atoms with Gasteiger partial charge in [-0.15, -0.1) is 0 Å². The van der Waals surface area contributed by atoms with Crippen LogP contribution in [0.3, 0.4) is 0 Å². The van der Waals surface area contributed by atoms with Crippen molar-refractivity contribution >= 4 is 0 Å². The number of nitrogens with one attached hydrogen (secondary N) is 1. The molecule has 0 heterocycles. The maximum Gasteiger partial charge on any atom is 0.0633 e. The molecule has 0 aromatic heterocycles. The van der Waals surface area contributed by atoms with Gasteiger partial charge >= 0.3 is 0 Å². The molecule has 0 amide bonds. The molecule has 0 aliphatic heterocycles. The Labute approximate surface area is 88.4 Å². The van der Waals surface area contributed by atoms with Gasteiger partial charge in [-0.2, -0.15) is 0 Å². The van der Waals surface area contributed by atoms with Gasteiger partial charge < -0.3 is 4.74 Å². The zero-order valence-corrected chi connectivity index (χ0v) is 9.72. The zero-order chi connectivity index (χ0) is 10.6. The molecule has 0 rings (SSSR count). The highest BCUT2D eigenvalue weighted by atomic mass is 16.5. The van der Waals surface area contributed by atoms with Gasteiger partial charge in [0.05, 0.1) is 6.61 Å². The first-order valence-corrected chi connectivity index (χ1v) is 5.89. The lowest BCUT2D eigenvalue weighted by molar-refractivity contribution is 0.108. The average molecular weight is 202 g/mol. The second-order valence-electron chi connectivity index (χ2n) is 3.79. The van der Waals surface area contributed by atoms with Crippen molar-refractivity contribution in [3.63, 3.8) is 0 Å². The number of hydrogen-bond acceptors (Lipinski definition) is 3. The lowest BCUT2D eigenvalue weighted by Crippen LogP contribution is -2.38. The third kappa shape index (κ3) is 8.48. The largest absolute Gasteiger partial charge is 0.380 e. The summed E-state index contributed by atoms with van der Waals surface area (Å²) in [6.07, 6.45) is 7.37. The van der Waals surface area contributed by atoms with Crippen molar-refractivity contribution in [2.24, 2.45) is 5.84 Å². The molecule has 0 spiro atoms. The number of rotatable bonds is 10. The van der Waals surface area contributed by atoms with E-state index >= 15 is 0 Å². The first-order chi connectivity index (χ1) is 6.85. The third-order valence-corrected chi connectivity index (χ3v) is 2.31. The number of nitrogens with two attached hydrogens (primary N) is 1. The lowest BCUT2D eigenvalue weighted by Gasteiger charge is -2.15. The smallest absolute Gasteiger partial charge is 0.0633 e. The Kier molecular flexibility index (Phi) is 10.9. The molecule has 3 nitrogen and oxygen atoms in total. The molecule has 3 N–H and O–H groups in total. The van der Waals surface area contributed by atoms with Gasteiger partial charge in [0.25, 0.3) is 0 Å². The fourth-order valence-corrected chi connectivity index (χ4v) is 1.40. The molecule has 0 bridgehead atoms. The Morgan fingerprint density at radius 2 is 1.93 bits per heavy atom. The molecule has 0 aromatic rings. The third-order valence-electron chi connectivity index (χ3n) is 2.31. The van der Waals surface area contributed by atoms with E-state index in [0.29, 0.717) is 6.04 Å². The summed E-state index contributed by atoms with van der Waals surface area (Å²) in [5, 5.41) is 0. The van der Waals surface area contributed by atoms with Crippen molar-refractivity contribution in [3.05, 3.63) is 0 Å². The summed E-state index contributed by atoms with van der Waals surface area (Å²) < 4.78 is 5.45. The molecule has 0 saturated carbocycles. The van der Waals surface area contributed by atoms with Crippen molar-refractivity contribution in [2.45, 2.75) is 58.4 Å². The molecule has 0 saturated heterocycles. The van der Waals surface area contributed by atoms with Gasteiger partial charge in [0.2, 0.25) is 0 Å². The molecular weight excluding hydrogens is 176 g/mol.